The zero-order chi connectivity index (χ0) is 15.7. The van der Waals surface area contributed by atoms with Gasteiger partial charge in [0.15, 0.2) is 0 Å². The van der Waals surface area contributed by atoms with Crippen molar-refractivity contribution in [1.29, 1.82) is 0 Å². The van der Waals surface area contributed by atoms with Crippen molar-refractivity contribution in [2.45, 2.75) is 17.8 Å². The predicted octanol–water partition coefficient (Wildman–Crippen LogP) is -0.553. The van der Waals surface area contributed by atoms with E-state index >= 15 is 0 Å². The number of carboxylic acid groups (broad SMARTS) is 2. The summed E-state index contributed by atoms with van der Waals surface area (Å²) < 4.78 is 27.6. The van der Waals surface area contributed by atoms with E-state index in [-0.39, 0.29) is 0 Å². The van der Waals surface area contributed by atoms with Gasteiger partial charge in [0.1, 0.15) is 4.90 Å². The third-order valence-electron chi connectivity index (χ3n) is 1.99. The fourth-order valence-corrected chi connectivity index (χ4v) is 2.74. The van der Waals surface area contributed by atoms with Gasteiger partial charge in [0, 0.05) is 6.92 Å². The molecule has 20 heavy (non-hydrogen) atoms. The third kappa shape index (κ3) is 3.51. The Morgan fingerprint density at radius 1 is 1.10 bits per heavy atom. The van der Waals surface area contributed by atoms with Crippen LogP contribution in [-0.2, 0) is 14.3 Å². The first-order valence-corrected chi connectivity index (χ1v) is 6.36. The summed E-state index contributed by atoms with van der Waals surface area (Å²) in [6, 6.07) is 2.72. The molecule has 9 nitrogen and oxygen atoms in total. The second kappa shape index (κ2) is 5.17. The van der Waals surface area contributed by atoms with Gasteiger partial charge in [-0.05, 0) is 12.1 Å². The third-order valence-corrected chi connectivity index (χ3v) is 3.47. The van der Waals surface area contributed by atoms with Crippen molar-refractivity contribution in [1.82, 2.24) is 0 Å². The van der Waals surface area contributed by atoms with Crippen LogP contribution in [0.3, 0.4) is 0 Å². The number of aromatic carboxylic acids is 2. The summed E-state index contributed by atoms with van der Waals surface area (Å²) in [5.41, 5.74) is -1.73. The molecular weight excluding hydrogens is 296 g/mol. The molecule has 0 unspecified atom stereocenters. The number of hydrogen-bond donors (Lipinski definition) is 4. The first kappa shape index (κ1) is 16.0. The van der Waals surface area contributed by atoms with Gasteiger partial charge in [-0.3, -0.25) is 0 Å². The van der Waals surface area contributed by atoms with Crippen LogP contribution < -0.4 is 0 Å². The molecule has 1 aromatic carbocycles. The van der Waals surface area contributed by atoms with Gasteiger partial charge in [-0.15, -0.1) is 0 Å². The van der Waals surface area contributed by atoms with E-state index in [1.807, 2.05) is 0 Å². The predicted molar refractivity (Wildman–Crippen MR) is 61.5 cm³/mol. The number of carboxylic acids is 2. The summed E-state index contributed by atoms with van der Waals surface area (Å²) in [6.07, 6.45) is 0. The minimum absolute atomic E-state index is 0.564. The number of benzene rings is 1. The lowest BCUT2D eigenvalue weighted by molar-refractivity contribution is -0.275. The fourth-order valence-electron chi connectivity index (χ4n) is 1.39. The molecule has 0 spiro atoms. The molecule has 0 fully saturated rings. The van der Waals surface area contributed by atoms with Crippen molar-refractivity contribution in [3.8, 4) is 0 Å². The Bertz CT molecular complexity index is 622. The maximum absolute atomic E-state index is 11.8. The Morgan fingerprint density at radius 2 is 1.50 bits per heavy atom. The molecule has 0 heterocycles. The summed E-state index contributed by atoms with van der Waals surface area (Å²) in [6.45, 7) is 0.564. The van der Waals surface area contributed by atoms with E-state index in [9.17, 15) is 18.0 Å². The largest absolute Gasteiger partial charge is 0.478 e. The van der Waals surface area contributed by atoms with E-state index < -0.39 is 44.1 Å². The molecule has 0 aliphatic heterocycles. The first-order valence-electron chi connectivity index (χ1n) is 4.95. The molecule has 1 rings (SSSR count). The highest BCUT2D eigenvalue weighted by Crippen LogP contribution is 2.25. The minimum atomic E-state index is -5.03. The van der Waals surface area contributed by atoms with Crippen LogP contribution in [0.5, 0.6) is 0 Å². The molecule has 0 aliphatic carbocycles. The summed E-state index contributed by atoms with van der Waals surface area (Å²) in [5, 5.41) is 35.7. The summed E-state index contributed by atoms with van der Waals surface area (Å²) >= 11 is 0. The highest BCUT2D eigenvalue weighted by Gasteiger charge is 2.34. The average Bonchev–Trinajstić information content (AvgIpc) is 2.24. The quantitative estimate of drug-likeness (QED) is 0.413. The van der Waals surface area contributed by atoms with Crippen molar-refractivity contribution >= 4 is 22.1 Å². The van der Waals surface area contributed by atoms with Crippen molar-refractivity contribution in [2.24, 2.45) is 0 Å². The lowest BCUT2D eigenvalue weighted by Crippen LogP contribution is -2.32. The zero-order valence-electron chi connectivity index (χ0n) is 9.97. The lowest BCUT2D eigenvalue weighted by Gasteiger charge is -2.17. The maximum atomic E-state index is 11.8. The van der Waals surface area contributed by atoms with Gasteiger partial charge in [-0.2, -0.15) is 8.42 Å². The molecule has 4 N–H and O–H groups in total. The van der Waals surface area contributed by atoms with Gasteiger partial charge in [0.05, 0.1) is 11.1 Å². The van der Waals surface area contributed by atoms with Gasteiger partial charge < -0.3 is 20.4 Å². The monoisotopic (exact) mass is 306 g/mol. The van der Waals surface area contributed by atoms with E-state index in [0.29, 0.717) is 6.92 Å². The molecule has 0 atom stereocenters. The lowest BCUT2D eigenvalue weighted by atomic mass is 10.1. The molecule has 110 valence electrons. The highest BCUT2D eigenvalue weighted by molar-refractivity contribution is 7.87. The van der Waals surface area contributed by atoms with Crippen LogP contribution in [0.1, 0.15) is 27.6 Å². The summed E-state index contributed by atoms with van der Waals surface area (Å²) in [7, 11) is -5.03. The van der Waals surface area contributed by atoms with Gasteiger partial charge in [0.2, 0.25) is 0 Å². The van der Waals surface area contributed by atoms with Crippen LogP contribution in [-0.4, -0.2) is 46.8 Å². The molecule has 0 aliphatic rings. The van der Waals surface area contributed by atoms with Crippen LogP contribution >= 0.6 is 0 Å². The van der Waals surface area contributed by atoms with Crippen molar-refractivity contribution in [3.05, 3.63) is 29.3 Å². The molecule has 1 aromatic rings. The molecule has 0 amide bonds. The topological polar surface area (TPSA) is 158 Å². The SMILES string of the molecule is CC(O)(O)OS(=O)(=O)c1c(C(=O)O)cccc1C(=O)O. The van der Waals surface area contributed by atoms with E-state index in [0.717, 1.165) is 18.2 Å². The standard InChI is InChI=1S/C10H10O9S/c1-10(15,16)19-20(17,18)7-5(8(11)12)3-2-4-6(7)9(13)14/h2-4,15-16H,1H3,(H,11,12)(H,13,14). The molecule has 0 bridgehead atoms. The van der Waals surface area contributed by atoms with Crippen LogP contribution in [0.4, 0.5) is 0 Å². The van der Waals surface area contributed by atoms with Gasteiger partial charge in [-0.25, -0.2) is 13.8 Å². The molecule has 0 radical (unpaired) electrons. The van der Waals surface area contributed by atoms with Crippen LogP contribution in [0.25, 0.3) is 0 Å². The number of aliphatic hydroxyl groups is 2. The second-order valence-electron chi connectivity index (χ2n) is 3.76. The van der Waals surface area contributed by atoms with Gasteiger partial charge >= 0.3 is 22.1 Å². The fraction of sp³-hybridized carbons (Fsp3) is 0.200. The van der Waals surface area contributed by atoms with Crippen molar-refractivity contribution in [2.75, 3.05) is 0 Å². The molecular formula is C10H10O9S. The highest BCUT2D eigenvalue weighted by atomic mass is 32.2. The van der Waals surface area contributed by atoms with Crippen LogP contribution in [0.15, 0.2) is 23.1 Å². The first-order chi connectivity index (χ1) is 8.96. The molecule has 0 aromatic heterocycles. The smallest absolute Gasteiger partial charge is 0.337 e. The van der Waals surface area contributed by atoms with Gasteiger partial charge in [0.25, 0.3) is 5.97 Å². The Kier molecular flexibility index (Phi) is 4.15. The maximum Gasteiger partial charge on any atom is 0.337 e. The number of carbonyl (C=O) groups is 2. The van der Waals surface area contributed by atoms with Gasteiger partial charge in [-0.1, -0.05) is 6.07 Å². The molecule has 0 saturated heterocycles. The Balaban J connectivity index is 3.64. The number of hydrogen-bond acceptors (Lipinski definition) is 7. The summed E-state index contributed by atoms with van der Waals surface area (Å²) in [4.78, 5) is 20.8. The Labute approximate surface area is 112 Å². The van der Waals surface area contributed by atoms with E-state index in [2.05, 4.69) is 4.18 Å². The van der Waals surface area contributed by atoms with Crippen LogP contribution in [0, 0.1) is 0 Å². The van der Waals surface area contributed by atoms with E-state index in [1.165, 1.54) is 0 Å². The average molecular weight is 306 g/mol. The normalized spacial score (nSPS) is 12.2. The Morgan fingerprint density at radius 3 is 1.80 bits per heavy atom. The van der Waals surface area contributed by atoms with E-state index in [1.54, 1.807) is 0 Å². The van der Waals surface area contributed by atoms with Crippen LogP contribution in [0.2, 0.25) is 0 Å². The Hall–Kier alpha value is -2.01. The van der Waals surface area contributed by atoms with Crippen molar-refractivity contribution < 1.29 is 42.6 Å². The minimum Gasteiger partial charge on any atom is -0.478 e. The molecule has 10 heteroatoms. The summed E-state index contributed by atoms with van der Waals surface area (Å²) in [5.74, 6) is -6.55. The zero-order valence-corrected chi connectivity index (χ0v) is 10.8. The number of rotatable bonds is 5. The second-order valence-corrected chi connectivity index (χ2v) is 5.25. The molecule has 0 saturated carbocycles. The van der Waals surface area contributed by atoms with E-state index in [4.69, 9.17) is 20.4 Å². The van der Waals surface area contributed by atoms with Crippen molar-refractivity contribution in [3.63, 3.8) is 0 Å².